The molecule has 118 valence electrons. The van der Waals surface area contributed by atoms with Crippen molar-refractivity contribution in [3.05, 3.63) is 0 Å². The second kappa shape index (κ2) is 7.77. The Bertz CT molecular complexity index is 268. The highest BCUT2D eigenvalue weighted by Crippen LogP contribution is 2.31. The average Bonchev–Trinajstić information content (AvgIpc) is 2.47. The van der Waals surface area contributed by atoms with E-state index in [0.29, 0.717) is 11.5 Å². The first-order chi connectivity index (χ1) is 9.61. The number of hydrogen-bond acceptors (Lipinski definition) is 3. The summed E-state index contributed by atoms with van der Waals surface area (Å²) in [6.45, 7) is 8.66. The van der Waals surface area contributed by atoms with Crippen molar-refractivity contribution in [1.29, 1.82) is 0 Å². The lowest BCUT2D eigenvalue weighted by molar-refractivity contribution is -0.0312. The van der Waals surface area contributed by atoms with Gasteiger partial charge in [-0.15, -0.1) is 0 Å². The second-order valence-electron chi connectivity index (χ2n) is 7.40. The summed E-state index contributed by atoms with van der Waals surface area (Å²) in [5.41, 5.74) is 0.328. The smallest absolute Gasteiger partial charge is 0.0546 e. The van der Waals surface area contributed by atoms with Gasteiger partial charge in [-0.25, -0.2) is 0 Å². The van der Waals surface area contributed by atoms with Crippen LogP contribution in [0.3, 0.4) is 0 Å². The molecule has 0 aromatic rings. The fourth-order valence-corrected chi connectivity index (χ4v) is 3.83. The van der Waals surface area contributed by atoms with Crippen LogP contribution >= 0.6 is 0 Å². The maximum atomic E-state index is 5.84. The first kappa shape index (κ1) is 16.3. The highest BCUT2D eigenvalue weighted by Gasteiger charge is 2.35. The predicted octanol–water partition coefficient (Wildman–Crippen LogP) is 3.05. The van der Waals surface area contributed by atoms with Gasteiger partial charge in [-0.3, -0.25) is 0 Å². The lowest BCUT2D eigenvalue weighted by Crippen LogP contribution is -2.51. The summed E-state index contributed by atoms with van der Waals surface area (Å²) in [5.74, 6) is 0. The topological polar surface area (TPSA) is 24.5 Å². The van der Waals surface area contributed by atoms with Crippen LogP contribution in [-0.4, -0.2) is 50.3 Å². The van der Waals surface area contributed by atoms with Gasteiger partial charge >= 0.3 is 0 Å². The predicted molar refractivity (Wildman–Crippen MR) is 85.1 cm³/mol. The zero-order chi connectivity index (χ0) is 14.4. The van der Waals surface area contributed by atoms with E-state index >= 15 is 0 Å². The highest BCUT2D eigenvalue weighted by molar-refractivity contribution is 4.89. The Morgan fingerprint density at radius 1 is 1.20 bits per heavy atom. The molecule has 1 atom stereocenters. The van der Waals surface area contributed by atoms with E-state index in [0.717, 1.165) is 25.8 Å². The SMILES string of the molecule is CC(C)NCC1(CN(C)C2CCCCC2)CCCOC1. The van der Waals surface area contributed by atoms with Crippen molar-refractivity contribution in [2.45, 2.75) is 70.9 Å². The molecule has 0 amide bonds. The third-order valence-electron chi connectivity index (χ3n) is 5.07. The van der Waals surface area contributed by atoms with E-state index in [1.54, 1.807) is 0 Å². The van der Waals surface area contributed by atoms with Gasteiger partial charge < -0.3 is 15.0 Å². The van der Waals surface area contributed by atoms with Crippen LogP contribution in [-0.2, 0) is 4.74 Å². The van der Waals surface area contributed by atoms with Gasteiger partial charge in [-0.2, -0.15) is 0 Å². The Morgan fingerprint density at radius 3 is 2.55 bits per heavy atom. The molecule has 0 radical (unpaired) electrons. The van der Waals surface area contributed by atoms with Crippen LogP contribution in [0.25, 0.3) is 0 Å². The highest BCUT2D eigenvalue weighted by atomic mass is 16.5. The molecule has 20 heavy (non-hydrogen) atoms. The van der Waals surface area contributed by atoms with Crippen LogP contribution in [0.1, 0.15) is 58.8 Å². The molecule has 1 aliphatic carbocycles. The zero-order valence-corrected chi connectivity index (χ0v) is 13.8. The maximum Gasteiger partial charge on any atom is 0.0546 e. The molecule has 0 aromatic carbocycles. The van der Waals surface area contributed by atoms with Crippen LogP contribution < -0.4 is 5.32 Å². The minimum absolute atomic E-state index is 0.328. The second-order valence-corrected chi connectivity index (χ2v) is 7.40. The Kier molecular flexibility index (Phi) is 6.31. The number of nitrogens with zero attached hydrogens (tertiary/aromatic N) is 1. The van der Waals surface area contributed by atoms with Gasteiger partial charge in [-0.05, 0) is 32.7 Å². The fraction of sp³-hybridized carbons (Fsp3) is 1.00. The van der Waals surface area contributed by atoms with Gasteiger partial charge in [0.05, 0.1) is 6.61 Å². The summed E-state index contributed by atoms with van der Waals surface area (Å²) >= 11 is 0. The van der Waals surface area contributed by atoms with Crippen molar-refractivity contribution >= 4 is 0 Å². The molecule has 0 spiro atoms. The Hall–Kier alpha value is -0.120. The van der Waals surface area contributed by atoms with E-state index < -0.39 is 0 Å². The minimum Gasteiger partial charge on any atom is -0.381 e. The summed E-state index contributed by atoms with van der Waals surface area (Å²) in [7, 11) is 2.34. The molecule has 3 heteroatoms. The van der Waals surface area contributed by atoms with Crippen LogP contribution in [0.5, 0.6) is 0 Å². The van der Waals surface area contributed by atoms with Crippen molar-refractivity contribution in [1.82, 2.24) is 10.2 Å². The van der Waals surface area contributed by atoms with Crippen LogP contribution in [0.4, 0.5) is 0 Å². The van der Waals surface area contributed by atoms with Gasteiger partial charge in [0.15, 0.2) is 0 Å². The summed E-state index contributed by atoms with van der Waals surface area (Å²) in [6, 6.07) is 1.37. The minimum atomic E-state index is 0.328. The van der Waals surface area contributed by atoms with Crippen LogP contribution in [0.15, 0.2) is 0 Å². The van der Waals surface area contributed by atoms with E-state index in [9.17, 15) is 0 Å². The molecule has 1 aliphatic heterocycles. The Balaban J connectivity index is 1.91. The lowest BCUT2D eigenvalue weighted by Gasteiger charge is -2.43. The summed E-state index contributed by atoms with van der Waals surface area (Å²) in [4.78, 5) is 2.63. The lowest BCUT2D eigenvalue weighted by atomic mass is 9.80. The number of ether oxygens (including phenoxy) is 1. The van der Waals surface area contributed by atoms with Crippen molar-refractivity contribution in [3.8, 4) is 0 Å². The molecule has 2 fully saturated rings. The van der Waals surface area contributed by atoms with Gasteiger partial charge in [0.25, 0.3) is 0 Å². The van der Waals surface area contributed by atoms with E-state index in [-0.39, 0.29) is 0 Å². The fourth-order valence-electron chi connectivity index (χ4n) is 3.83. The normalized spacial score (nSPS) is 29.2. The van der Waals surface area contributed by atoms with Crippen molar-refractivity contribution in [2.75, 3.05) is 33.4 Å². The van der Waals surface area contributed by atoms with E-state index in [1.165, 1.54) is 51.5 Å². The molecular weight excluding hydrogens is 248 g/mol. The van der Waals surface area contributed by atoms with Crippen LogP contribution in [0.2, 0.25) is 0 Å². The average molecular weight is 282 g/mol. The molecule has 0 aromatic heterocycles. The van der Waals surface area contributed by atoms with Crippen molar-refractivity contribution in [2.24, 2.45) is 5.41 Å². The molecule has 2 rings (SSSR count). The van der Waals surface area contributed by atoms with Crippen LogP contribution in [0, 0.1) is 5.41 Å². The molecule has 2 aliphatic rings. The molecular formula is C17H34N2O. The molecule has 1 unspecified atom stereocenters. The number of hydrogen-bond donors (Lipinski definition) is 1. The van der Waals surface area contributed by atoms with Crippen molar-refractivity contribution in [3.63, 3.8) is 0 Å². The first-order valence-electron chi connectivity index (χ1n) is 8.63. The van der Waals surface area contributed by atoms with Gasteiger partial charge in [0, 0.05) is 37.2 Å². The molecule has 1 heterocycles. The third-order valence-corrected chi connectivity index (χ3v) is 5.07. The largest absolute Gasteiger partial charge is 0.381 e. The third kappa shape index (κ3) is 4.71. The molecule has 1 N–H and O–H groups in total. The summed E-state index contributed by atoms with van der Waals surface area (Å²) in [5, 5.41) is 3.66. The van der Waals surface area contributed by atoms with Gasteiger partial charge in [-0.1, -0.05) is 33.1 Å². The molecule has 1 saturated heterocycles. The number of nitrogens with one attached hydrogen (secondary N) is 1. The Morgan fingerprint density at radius 2 is 1.95 bits per heavy atom. The van der Waals surface area contributed by atoms with E-state index in [1.807, 2.05) is 0 Å². The Labute approximate surface area is 125 Å². The number of rotatable bonds is 6. The summed E-state index contributed by atoms with van der Waals surface area (Å²) < 4.78 is 5.84. The molecule has 1 saturated carbocycles. The molecule has 3 nitrogen and oxygen atoms in total. The first-order valence-corrected chi connectivity index (χ1v) is 8.63. The quantitative estimate of drug-likeness (QED) is 0.810. The van der Waals surface area contributed by atoms with Gasteiger partial charge in [0.1, 0.15) is 0 Å². The van der Waals surface area contributed by atoms with Gasteiger partial charge in [0.2, 0.25) is 0 Å². The maximum absolute atomic E-state index is 5.84. The summed E-state index contributed by atoms with van der Waals surface area (Å²) in [6.07, 6.45) is 9.59. The standard InChI is InChI=1S/C17H34N2O/c1-15(2)18-12-17(10-7-11-20-14-17)13-19(3)16-8-5-4-6-9-16/h15-16,18H,4-14H2,1-3H3. The van der Waals surface area contributed by atoms with E-state index in [4.69, 9.17) is 4.74 Å². The van der Waals surface area contributed by atoms with E-state index in [2.05, 4.69) is 31.1 Å². The zero-order valence-electron chi connectivity index (χ0n) is 13.8. The molecule has 0 bridgehead atoms. The van der Waals surface area contributed by atoms with Crippen molar-refractivity contribution < 1.29 is 4.74 Å². The monoisotopic (exact) mass is 282 g/mol.